The van der Waals surface area contributed by atoms with E-state index in [1.165, 1.54) is 11.5 Å². The van der Waals surface area contributed by atoms with E-state index >= 15 is 0 Å². The predicted octanol–water partition coefficient (Wildman–Crippen LogP) is -0.412. The van der Waals surface area contributed by atoms with Gasteiger partial charge in [-0.05, 0) is 0 Å². The molecule has 16 heavy (non-hydrogen) atoms. The number of hydrogen-bond acceptors (Lipinski definition) is 8. The summed E-state index contributed by atoms with van der Waals surface area (Å²) in [5.41, 5.74) is 0.0741. The Hall–Kier alpha value is -1.40. The Kier molecular flexibility index (Phi) is 14.6. The summed E-state index contributed by atoms with van der Waals surface area (Å²) in [5, 5.41) is 31.3. The minimum absolute atomic E-state index is 0. The van der Waals surface area contributed by atoms with Crippen molar-refractivity contribution in [3.63, 3.8) is 0 Å². The van der Waals surface area contributed by atoms with Crippen LogP contribution in [-0.2, 0) is 7.05 Å². The Labute approximate surface area is 108 Å². The monoisotopic (exact) mass is 263 g/mol. The largest absolute Gasteiger partial charge is 2.00 e. The summed E-state index contributed by atoms with van der Waals surface area (Å²) in [6, 6.07) is 1.55. The minimum atomic E-state index is -1.75. The summed E-state index contributed by atoms with van der Waals surface area (Å²) in [6.45, 7) is 0. The molecule has 0 N–H and O–H groups in total. The van der Waals surface area contributed by atoms with Gasteiger partial charge < -0.3 is 30.6 Å². The van der Waals surface area contributed by atoms with E-state index in [0.717, 1.165) is 0 Å². The molecule has 0 atom stereocenters. The van der Waals surface area contributed by atoms with E-state index in [1.807, 2.05) is 0 Å². The standard InChI is InChI=1S/C4H5NOS.Mg.2NO3/c1-5-4(6)2-3-7-5;;2*2-1(3)4/h2-3H,1H3;;;/q;+2;2*-1. The van der Waals surface area contributed by atoms with Crippen molar-refractivity contribution < 1.29 is 10.2 Å². The molecule has 0 amide bonds. The quantitative estimate of drug-likeness (QED) is 0.350. The van der Waals surface area contributed by atoms with Crippen LogP contribution in [0.1, 0.15) is 0 Å². The minimum Gasteiger partial charge on any atom is -0.356 e. The molecule has 12 heteroatoms. The zero-order valence-electron chi connectivity index (χ0n) is 7.97. The van der Waals surface area contributed by atoms with Crippen LogP contribution in [-0.4, -0.2) is 37.2 Å². The molecule has 0 spiro atoms. The molecule has 0 aliphatic carbocycles. The maximum absolute atomic E-state index is 10.4. The fraction of sp³-hybridized carbons (Fsp3) is 0.250. The number of aryl methyl sites for hydroxylation is 1. The molecule has 0 aliphatic heterocycles. The summed E-state index contributed by atoms with van der Waals surface area (Å²) in [6.07, 6.45) is 0. The van der Waals surface area contributed by atoms with Crippen LogP contribution in [0.4, 0.5) is 0 Å². The Morgan fingerprint density at radius 2 is 1.50 bits per heavy atom. The van der Waals surface area contributed by atoms with Crippen LogP contribution in [0.25, 0.3) is 0 Å². The summed E-state index contributed by atoms with van der Waals surface area (Å²) in [7, 11) is 1.74. The van der Waals surface area contributed by atoms with Gasteiger partial charge >= 0.3 is 23.1 Å². The van der Waals surface area contributed by atoms with E-state index in [2.05, 4.69) is 0 Å². The number of nitrogens with zero attached hydrogens (tertiary/aromatic N) is 3. The Morgan fingerprint density at radius 3 is 1.56 bits per heavy atom. The Morgan fingerprint density at radius 1 is 1.19 bits per heavy atom. The zero-order valence-corrected chi connectivity index (χ0v) is 10.2. The van der Waals surface area contributed by atoms with Crippen LogP contribution >= 0.6 is 11.5 Å². The predicted molar refractivity (Wildman–Crippen MR) is 56.0 cm³/mol. The molecule has 0 unspecified atom stereocenters. The third kappa shape index (κ3) is 22.9. The van der Waals surface area contributed by atoms with Crippen LogP contribution in [0.15, 0.2) is 16.2 Å². The van der Waals surface area contributed by atoms with E-state index in [0.29, 0.717) is 0 Å². The Balaban J connectivity index is -0.000000166. The van der Waals surface area contributed by atoms with Crippen LogP contribution in [0, 0.1) is 30.6 Å². The smallest absolute Gasteiger partial charge is 0.356 e. The SMILES string of the molecule is Cn1sccc1=O.O=[N+]([O-])[O-].O=[N+]([O-])[O-].[Mg+2]. The normalized spacial score (nSPS) is 7.06. The van der Waals surface area contributed by atoms with E-state index in [1.54, 1.807) is 22.5 Å². The molecule has 0 saturated heterocycles. The van der Waals surface area contributed by atoms with Crippen molar-refractivity contribution in [3.05, 3.63) is 52.4 Å². The molecule has 10 nitrogen and oxygen atoms in total. The first kappa shape index (κ1) is 20.1. The maximum atomic E-state index is 10.4. The molecule has 1 aromatic rings. The summed E-state index contributed by atoms with van der Waals surface area (Å²) < 4.78 is 1.57. The molecule has 0 radical (unpaired) electrons. The van der Waals surface area contributed by atoms with Gasteiger partial charge in [0.15, 0.2) is 0 Å². The van der Waals surface area contributed by atoms with Gasteiger partial charge in [-0.1, -0.05) is 11.5 Å². The van der Waals surface area contributed by atoms with E-state index in [4.69, 9.17) is 30.6 Å². The first-order chi connectivity index (χ1) is 6.77. The molecule has 0 bridgehead atoms. The second-order valence-electron chi connectivity index (χ2n) is 1.69. The average molecular weight is 263 g/mol. The van der Waals surface area contributed by atoms with E-state index < -0.39 is 10.2 Å². The maximum Gasteiger partial charge on any atom is 2.00 e. The third-order valence-corrected chi connectivity index (χ3v) is 1.49. The second-order valence-corrected chi connectivity index (χ2v) is 2.72. The van der Waals surface area contributed by atoms with Crippen molar-refractivity contribution in [1.29, 1.82) is 0 Å². The molecule has 0 fully saturated rings. The number of aromatic nitrogens is 1. The molecule has 0 saturated carbocycles. The van der Waals surface area contributed by atoms with Gasteiger partial charge in [-0.2, -0.15) is 0 Å². The van der Waals surface area contributed by atoms with Gasteiger partial charge in [0.25, 0.3) is 5.56 Å². The van der Waals surface area contributed by atoms with Gasteiger partial charge in [0.2, 0.25) is 0 Å². The van der Waals surface area contributed by atoms with Crippen molar-refractivity contribution in [2.45, 2.75) is 0 Å². The first-order valence-corrected chi connectivity index (χ1v) is 3.85. The van der Waals surface area contributed by atoms with Crippen LogP contribution in [0.3, 0.4) is 0 Å². The van der Waals surface area contributed by atoms with Gasteiger partial charge in [0, 0.05) is 18.5 Å². The van der Waals surface area contributed by atoms with Crippen molar-refractivity contribution in [2.75, 3.05) is 0 Å². The zero-order chi connectivity index (χ0) is 12.4. The Bertz CT molecular complexity index is 343. The van der Waals surface area contributed by atoms with Crippen molar-refractivity contribution >= 4 is 34.6 Å². The summed E-state index contributed by atoms with van der Waals surface area (Å²) in [4.78, 5) is 26.9. The fourth-order valence-corrected chi connectivity index (χ4v) is 0.861. The van der Waals surface area contributed by atoms with Crippen molar-refractivity contribution in [1.82, 2.24) is 3.96 Å². The van der Waals surface area contributed by atoms with Gasteiger partial charge in [0.1, 0.15) is 0 Å². The van der Waals surface area contributed by atoms with Crippen LogP contribution in [0.2, 0.25) is 0 Å². The van der Waals surface area contributed by atoms with Gasteiger partial charge in [-0.25, -0.2) is 0 Å². The third-order valence-electron chi connectivity index (χ3n) is 0.740. The molecule has 1 heterocycles. The molecule has 1 rings (SSSR count). The molecular weight excluding hydrogens is 258 g/mol. The van der Waals surface area contributed by atoms with Crippen molar-refractivity contribution in [2.24, 2.45) is 7.05 Å². The second kappa shape index (κ2) is 11.7. The average Bonchev–Trinajstić information content (AvgIpc) is 2.33. The van der Waals surface area contributed by atoms with Crippen LogP contribution in [0.5, 0.6) is 0 Å². The summed E-state index contributed by atoms with van der Waals surface area (Å²) >= 11 is 1.41. The van der Waals surface area contributed by atoms with E-state index in [9.17, 15) is 4.79 Å². The fourth-order valence-electron chi connectivity index (χ4n) is 0.337. The molecule has 0 aromatic carbocycles. The first-order valence-electron chi connectivity index (χ1n) is 3.01. The topological polar surface area (TPSA) is 154 Å². The molecule has 0 aliphatic rings. The van der Waals surface area contributed by atoms with Crippen molar-refractivity contribution in [3.8, 4) is 0 Å². The van der Waals surface area contributed by atoms with E-state index in [-0.39, 0.29) is 28.6 Å². The molecule has 1 aromatic heterocycles. The number of hydrogen-bond donors (Lipinski definition) is 0. The number of rotatable bonds is 0. The molecule has 86 valence electrons. The van der Waals surface area contributed by atoms with Gasteiger partial charge in [-0.3, -0.25) is 8.75 Å². The molecular formula is C4H5MgN3O7S. The van der Waals surface area contributed by atoms with Gasteiger partial charge in [0.05, 0.1) is 10.2 Å². The summed E-state index contributed by atoms with van der Waals surface area (Å²) in [5.74, 6) is 0. The van der Waals surface area contributed by atoms with Crippen LogP contribution < -0.4 is 5.56 Å². The van der Waals surface area contributed by atoms with Gasteiger partial charge in [-0.15, -0.1) is 0 Å².